The van der Waals surface area contributed by atoms with Crippen LogP contribution in [0.15, 0.2) is 42.5 Å². The largest absolute Gasteiger partial charge is 0.493 e. The lowest BCUT2D eigenvalue weighted by Crippen LogP contribution is -2.31. The lowest BCUT2D eigenvalue weighted by Gasteiger charge is -2.18. The van der Waals surface area contributed by atoms with Crippen molar-refractivity contribution >= 4 is 18.3 Å². The van der Waals surface area contributed by atoms with Crippen LogP contribution in [0.5, 0.6) is 5.75 Å². The van der Waals surface area contributed by atoms with Gasteiger partial charge in [-0.2, -0.15) is 0 Å². The summed E-state index contributed by atoms with van der Waals surface area (Å²) in [6.45, 7) is 1.72. The van der Waals surface area contributed by atoms with Crippen LogP contribution in [0.2, 0.25) is 0 Å². The molecule has 0 bridgehead atoms. The van der Waals surface area contributed by atoms with E-state index in [9.17, 15) is 4.79 Å². The number of hydrogen-bond acceptors (Lipinski definition) is 3. The average molecular weight is 347 g/mol. The van der Waals surface area contributed by atoms with E-state index in [0.717, 1.165) is 30.8 Å². The summed E-state index contributed by atoms with van der Waals surface area (Å²) < 4.78 is 5.66. The zero-order valence-corrected chi connectivity index (χ0v) is 14.6. The standard InChI is InChI=1S/C19H22N2O2.ClH/c1-20-13-19(22)21-12-14-4-6-15(7-5-14)16-8-9-18-17(11-16)3-2-10-23-18;/h4-9,11,20H,2-3,10,12-13H2,1H3,(H,21,22);1H. The molecule has 0 spiro atoms. The van der Waals surface area contributed by atoms with Crippen molar-refractivity contribution in [2.45, 2.75) is 19.4 Å². The predicted molar refractivity (Wildman–Crippen MR) is 98.7 cm³/mol. The Balaban J connectivity index is 0.00000208. The number of likely N-dealkylation sites (N-methyl/N-ethyl adjacent to an activating group) is 1. The van der Waals surface area contributed by atoms with Crippen molar-refractivity contribution in [2.75, 3.05) is 20.2 Å². The third-order valence-corrected chi connectivity index (χ3v) is 4.02. The molecule has 128 valence electrons. The highest BCUT2D eigenvalue weighted by atomic mass is 35.5. The Morgan fingerprint density at radius 1 is 1.12 bits per heavy atom. The van der Waals surface area contributed by atoms with Crippen molar-refractivity contribution in [3.05, 3.63) is 53.6 Å². The Morgan fingerprint density at radius 3 is 2.62 bits per heavy atom. The van der Waals surface area contributed by atoms with Gasteiger partial charge >= 0.3 is 0 Å². The van der Waals surface area contributed by atoms with Crippen molar-refractivity contribution in [1.29, 1.82) is 0 Å². The van der Waals surface area contributed by atoms with Crippen LogP contribution in [0.4, 0.5) is 0 Å². The van der Waals surface area contributed by atoms with Crippen LogP contribution in [0.25, 0.3) is 11.1 Å². The molecule has 0 aliphatic carbocycles. The third-order valence-electron chi connectivity index (χ3n) is 4.02. The minimum atomic E-state index is 0. The van der Waals surface area contributed by atoms with Crippen molar-refractivity contribution in [1.82, 2.24) is 10.6 Å². The molecule has 0 aromatic heterocycles. The maximum absolute atomic E-state index is 11.5. The number of amides is 1. The number of aryl methyl sites for hydroxylation is 1. The van der Waals surface area contributed by atoms with E-state index in [2.05, 4.69) is 53.1 Å². The highest BCUT2D eigenvalue weighted by Gasteiger charge is 2.11. The smallest absolute Gasteiger partial charge is 0.234 e. The zero-order valence-electron chi connectivity index (χ0n) is 13.8. The Morgan fingerprint density at radius 2 is 1.88 bits per heavy atom. The van der Waals surface area contributed by atoms with Gasteiger partial charge in [-0.05, 0) is 54.3 Å². The summed E-state index contributed by atoms with van der Waals surface area (Å²) in [5.74, 6) is 1.02. The molecule has 2 aromatic carbocycles. The van der Waals surface area contributed by atoms with Crippen LogP contribution in [-0.2, 0) is 17.8 Å². The molecule has 1 amide bonds. The molecule has 2 aromatic rings. The molecule has 4 nitrogen and oxygen atoms in total. The predicted octanol–water partition coefficient (Wildman–Crippen LogP) is 2.94. The molecule has 0 fully saturated rings. The van der Waals surface area contributed by atoms with Gasteiger partial charge < -0.3 is 15.4 Å². The van der Waals surface area contributed by atoms with Crippen molar-refractivity contribution in [3.8, 4) is 16.9 Å². The minimum Gasteiger partial charge on any atom is -0.493 e. The van der Waals surface area contributed by atoms with Crippen molar-refractivity contribution < 1.29 is 9.53 Å². The number of nitrogens with one attached hydrogen (secondary N) is 2. The zero-order chi connectivity index (χ0) is 16.1. The monoisotopic (exact) mass is 346 g/mol. The topological polar surface area (TPSA) is 50.4 Å². The fourth-order valence-corrected chi connectivity index (χ4v) is 2.78. The number of carbonyl (C=O) groups is 1. The van der Waals surface area contributed by atoms with Gasteiger partial charge in [-0.3, -0.25) is 4.79 Å². The Hall–Kier alpha value is -2.04. The summed E-state index contributed by atoms with van der Waals surface area (Å²) >= 11 is 0. The fraction of sp³-hybridized carbons (Fsp3) is 0.316. The Kier molecular flexibility index (Phi) is 6.64. The first-order valence-corrected chi connectivity index (χ1v) is 8.02. The van der Waals surface area contributed by atoms with Crippen LogP contribution in [0.1, 0.15) is 17.5 Å². The average Bonchev–Trinajstić information content (AvgIpc) is 2.60. The Labute approximate surface area is 149 Å². The maximum Gasteiger partial charge on any atom is 0.234 e. The molecule has 5 heteroatoms. The van der Waals surface area contributed by atoms with E-state index < -0.39 is 0 Å². The van der Waals surface area contributed by atoms with Gasteiger partial charge in [0, 0.05) is 6.54 Å². The number of benzene rings is 2. The van der Waals surface area contributed by atoms with Crippen molar-refractivity contribution in [3.63, 3.8) is 0 Å². The molecule has 0 saturated carbocycles. The van der Waals surface area contributed by atoms with Gasteiger partial charge in [0.05, 0.1) is 13.2 Å². The molecule has 0 unspecified atom stereocenters. The molecule has 1 aliphatic rings. The van der Waals surface area contributed by atoms with E-state index in [1.54, 1.807) is 7.05 Å². The summed E-state index contributed by atoms with van der Waals surface area (Å²) in [6.07, 6.45) is 2.17. The first-order valence-electron chi connectivity index (χ1n) is 8.02. The van der Waals surface area contributed by atoms with Crippen LogP contribution in [0.3, 0.4) is 0 Å². The highest BCUT2D eigenvalue weighted by molar-refractivity contribution is 5.85. The second-order valence-electron chi connectivity index (χ2n) is 5.78. The summed E-state index contributed by atoms with van der Waals surface area (Å²) in [4.78, 5) is 11.5. The molecule has 0 radical (unpaired) electrons. The molecule has 1 aliphatic heterocycles. The van der Waals surface area contributed by atoms with E-state index >= 15 is 0 Å². The summed E-state index contributed by atoms with van der Waals surface area (Å²) in [5.41, 5.74) is 4.78. The molecule has 24 heavy (non-hydrogen) atoms. The summed E-state index contributed by atoms with van der Waals surface area (Å²) in [6, 6.07) is 14.7. The summed E-state index contributed by atoms with van der Waals surface area (Å²) in [5, 5.41) is 5.72. The minimum absolute atomic E-state index is 0. The number of ether oxygens (including phenoxy) is 1. The number of hydrogen-bond donors (Lipinski definition) is 2. The van der Waals surface area contributed by atoms with Crippen LogP contribution < -0.4 is 15.4 Å². The number of rotatable bonds is 5. The van der Waals surface area contributed by atoms with Crippen LogP contribution >= 0.6 is 12.4 Å². The molecule has 3 rings (SSSR count). The molecule has 2 N–H and O–H groups in total. The van der Waals surface area contributed by atoms with Gasteiger partial charge in [0.2, 0.25) is 5.91 Å². The Bertz CT molecular complexity index is 686. The van der Waals surface area contributed by atoms with E-state index in [1.807, 2.05) is 0 Å². The van der Waals surface area contributed by atoms with Crippen LogP contribution in [0, 0.1) is 0 Å². The molecule has 0 saturated heterocycles. The van der Waals surface area contributed by atoms with E-state index in [4.69, 9.17) is 4.74 Å². The highest BCUT2D eigenvalue weighted by Crippen LogP contribution is 2.30. The van der Waals surface area contributed by atoms with E-state index in [-0.39, 0.29) is 18.3 Å². The molecule has 0 atom stereocenters. The van der Waals surface area contributed by atoms with Gasteiger partial charge in [0.25, 0.3) is 0 Å². The quantitative estimate of drug-likeness (QED) is 0.875. The first kappa shape index (κ1) is 18.3. The molecule has 1 heterocycles. The lowest BCUT2D eigenvalue weighted by atomic mass is 9.98. The second kappa shape index (κ2) is 8.71. The SMILES string of the molecule is CNCC(=O)NCc1ccc(-c2ccc3c(c2)CCCO3)cc1.Cl. The molecular formula is C19H23ClN2O2. The second-order valence-corrected chi connectivity index (χ2v) is 5.78. The summed E-state index contributed by atoms with van der Waals surface area (Å²) in [7, 11) is 1.76. The lowest BCUT2D eigenvalue weighted by molar-refractivity contribution is -0.120. The normalized spacial score (nSPS) is 12.5. The van der Waals surface area contributed by atoms with E-state index in [1.165, 1.54) is 16.7 Å². The van der Waals surface area contributed by atoms with E-state index in [0.29, 0.717) is 13.1 Å². The fourth-order valence-electron chi connectivity index (χ4n) is 2.78. The first-order chi connectivity index (χ1) is 11.3. The van der Waals surface area contributed by atoms with Gasteiger partial charge in [0.1, 0.15) is 5.75 Å². The van der Waals surface area contributed by atoms with Crippen molar-refractivity contribution in [2.24, 2.45) is 0 Å². The number of carbonyl (C=O) groups excluding carboxylic acids is 1. The maximum atomic E-state index is 11.5. The van der Waals surface area contributed by atoms with Gasteiger partial charge in [-0.25, -0.2) is 0 Å². The van der Waals surface area contributed by atoms with Gasteiger partial charge in [-0.1, -0.05) is 30.3 Å². The van der Waals surface area contributed by atoms with Gasteiger partial charge in [0.15, 0.2) is 0 Å². The molecular weight excluding hydrogens is 324 g/mol. The number of fused-ring (bicyclic) bond motifs is 1. The van der Waals surface area contributed by atoms with Crippen LogP contribution in [-0.4, -0.2) is 26.1 Å². The number of halogens is 1. The third kappa shape index (κ3) is 4.49. The van der Waals surface area contributed by atoms with Gasteiger partial charge in [-0.15, -0.1) is 12.4 Å².